The van der Waals surface area contributed by atoms with Gasteiger partial charge in [0.2, 0.25) is 0 Å². The van der Waals surface area contributed by atoms with E-state index in [2.05, 4.69) is 6.92 Å². The molecule has 0 aliphatic heterocycles. The first kappa shape index (κ1) is 21.6. The highest BCUT2D eigenvalue weighted by molar-refractivity contribution is 5.85. The monoisotopic (exact) mass is 414 g/mol. The van der Waals surface area contributed by atoms with Gasteiger partial charge in [-0.2, -0.15) is 0 Å². The molecule has 0 bridgehead atoms. The van der Waals surface area contributed by atoms with Crippen LogP contribution < -0.4 is 4.74 Å². The van der Waals surface area contributed by atoms with Crippen LogP contribution in [0, 0.1) is 29.4 Å². The highest BCUT2D eigenvalue weighted by Crippen LogP contribution is 2.49. The molecule has 2 aromatic rings. The zero-order valence-electron chi connectivity index (χ0n) is 18.6. The molecule has 0 radical (unpaired) electrons. The van der Waals surface area contributed by atoms with Crippen molar-refractivity contribution in [3.05, 3.63) is 41.5 Å². The average molecular weight is 415 g/mol. The van der Waals surface area contributed by atoms with E-state index in [0.717, 1.165) is 41.5 Å². The summed E-state index contributed by atoms with van der Waals surface area (Å²) < 4.78 is 34.6. The molecule has 2 aromatic carbocycles. The Morgan fingerprint density at radius 1 is 0.933 bits per heavy atom. The fourth-order valence-electron chi connectivity index (χ4n) is 6.17. The third kappa shape index (κ3) is 4.50. The van der Waals surface area contributed by atoms with Crippen molar-refractivity contribution in [2.75, 3.05) is 7.11 Å². The number of halogens is 2. The van der Waals surface area contributed by atoms with Gasteiger partial charge in [0, 0.05) is 5.39 Å². The molecule has 0 aromatic heterocycles. The molecule has 4 atom stereocenters. The molecule has 30 heavy (non-hydrogen) atoms. The third-order valence-electron chi connectivity index (χ3n) is 7.88. The maximum atomic E-state index is 15.0. The van der Waals surface area contributed by atoms with Crippen LogP contribution in [-0.4, -0.2) is 7.11 Å². The number of methoxy groups -OCH3 is 1. The number of hydrogen-bond acceptors (Lipinski definition) is 1. The van der Waals surface area contributed by atoms with E-state index in [1.807, 2.05) is 12.1 Å². The predicted molar refractivity (Wildman–Crippen MR) is 120 cm³/mol. The zero-order valence-corrected chi connectivity index (χ0v) is 18.6. The van der Waals surface area contributed by atoms with Crippen molar-refractivity contribution in [1.82, 2.24) is 0 Å². The molecule has 2 saturated carbocycles. The summed E-state index contributed by atoms with van der Waals surface area (Å²) in [4.78, 5) is 0. The van der Waals surface area contributed by atoms with Gasteiger partial charge in [0.25, 0.3) is 0 Å². The topological polar surface area (TPSA) is 9.23 Å². The second-order valence-electron chi connectivity index (χ2n) is 9.74. The summed E-state index contributed by atoms with van der Waals surface area (Å²) in [5.74, 6) is 2.18. The summed E-state index contributed by atoms with van der Waals surface area (Å²) in [5, 5.41) is 1.08. The van der Waals surface area contributed by atoms with Crippen molar-refractivity contribution in [2.24, 2.45) is 17.8 Å². The van der Waals surface area contributed by atoms with E-state index < -0.39 is 5.82 Å². The predicted octanol–water partition coefficient (Wildman–Crippen LogP) is 8.40. The Bertz CT molecular complexity index is 862. The van der Waals surface area contributed by atoms with Gasteiger partial charge in [-0.1, -0.05) is 51.5 Å². The summed E-state index contributed by atoms with van der Waals surface area (Å²) >= 11 is 0. The van der Waals surface area contributed by atoms with E-state index in [4.69, 9.17) is 4.74 Å². The lowest BCUT2D eigenvalue weighted by Gasteiger charge is -2.42. The Balaban J connectivity index is 1.42. The van der Waals surface area contributed by atoms with Crippen LogP contribution in [0.4, 0.5) is 8.78 Å². The minimum absolute atomic E-state index is 0.168. The van der Waals surface area contributed by atoms with Gasteiger partial charge in [-0.25, -0.2) is 8.78 Å². The number of benzene rings is 2. The lowest BCUT2D eigenvalue weighted by molar-refractivity contribution is 0.112. The second-order valence-corrected chi connectivity index (χ2v) is 9.74. The highest BCUT2D eigenvalue weighted by atomic mass is 19.1. The summed E-state index contributed by atoms with van der Waals surface area (Å²) in [5.41, 5.74) is 0.784. The minimum atomic E-state index is -0.471. The highest BCUT2D eigenvalue weighted by Gasteiger charge is 2.36. The molecular weight excluding hydrogens is 378 g/mol. The van der Waals surface area contributed by atoms with Gasteiger partial charge in [0.1, 0.15) is 5.82 Å². The van der Waals surface area contributed by atoms with Crippen molar-refractivity contribution in [1.29, 1.82) is 0 Å². The Hall–Kier alpha value is -1.64. The summed E-state index contributed by atoms with van der Waals surface area (Å²) in [7, 11) is 1.44. The van der Waals surface area contributed by atoms with E-state index in [1.54, 1.807) is 6.07 Å². The molecule has 0 saturated heterocycles. The molecule has 0 spiro atoms. The van der Waals surface area contributed by atoms with E-state index >= 15 is 4.39 Å². The molecule has 1 nitrogen and oxygen atoms in total. The Morgan fingerprint density at radius 3 is 2.53 bits per heavy atom. The van der Waals surface area contributed by atoms with Crippen LogP contribution >= 0.6 is 0 Å². The zero-order chi connectivity index (χ0) is 21.1. The lowest BCUT2D eigenvalue weighted by atomic mass is 9.63. The Labute approximate surface area is 180 Å². The molecule has 164 valence electrons. The van der Waals surface area contributed by atoms with Gasteiger partial charge in [-0.3, -0.25) is 0 Å². The molecule has 3 heteroatoms. The van der Waals surface area contributed by atoms with Gasteiger partial charge in [-0.15, -0.1) is 0 Å². The smallest absolute Gasteiger partial charge is 0.172 e. The van der Waals surface area contributed by atoms with Crippen LogP contribution in [0.25, 0.3) is 10.8 Å². The molecule has 2 aliphatic carbocycles. The SMILES string of the molecule is CCCCCCC1CCC2CC(c3cc4ccc(OC)c(F)c4cc3F)CCC2C1. The number of hydrogen-bond donors (Lipinski definition) is 0. The summed E-state index contributed by atoms with van der Waals surface area (Å²) in [6, 6.07) is 6.74. The Kier molecular flexibility index (Phi) is 6.95. The number of fused-ring (bicyclic) bond motifs is 2. The van der Waals surface area contributed by atoms with Crippen molar-refractivity contribution in [3.8, 4) is 5.75 Å². The first-order valence-electron chi connectivity index (χ1n) is 12.1. The van der Waals surface area contributed by atoms with Gasteiger partial charge < -0.3 is 4.74 Å². The minimum Gasteiger partial charge on any atom is -0.494 e. The number of ether oxygens (including phenoxy) is 1. The Morgan fingerprint density at radius 2 is 1.73 bits per heavy atom. The van der Waals surface area contributed by atoms with E-state index in [0.29, 0.717) is 5.39 Å². The van der Waals surface area contributed by atoms with Crippen LogP contribution in [0.1, 0.15) is 89.0 Å². The van der Waals surface area contributed by atoms with E-state index in [9.17, 15) is 4.39 Å². The normalized spacial score (nSPS) is 26.5. The second kappa shape index (κ2) is 9.66. The molecule has 0 N–H and O–H groups in total. The van der Waals surface area contributed by atoms with Crippen molar-refractivity contribution < 1.29 is 13.5 Å². The van der Waals surface area contributed by atoms with Crippen molar-refractivity contribution in [2.45, 2.75) is 83.5 Å². The number of unbranched alkanes of at least 4 members (excludes halogenated alkanes) is 3. The van der Waals surface area contributed by atoms with E-state index in [1.165, 1.54) is 71.0 Å². The first-order valence-corrected chi connectivity index (χ1v) is 12.1. The fraction of sp³-hybridized carbons (Fsp3) is 0.630. The quantitative estimate of drug-likeness (QED) is 0.413. The summed E-state index contributed by atoms with van der Waals surface area (Å²) in [6.07, 6.45) is 14.3. The van der Waals surface area contributed by atoms with Crippen LogP contribution in [0.5, 0.6) is 5.75 Å². The molecule has 4 unspecified atom stereocenters. The maximum Gasteiger partial charge on any atom is 0.172 e. The molecule has 0 heterocycles. The van der Waals surface area contributed by atoms with Gasteiger partial charge in [-0.05, 0) is 84.9 Å². The summed E-state index contributed by atoms with van der Waals surface area (Å²) in [6.45, 7) is 2.27. The van der Waals surface area contributed by atoms with Gasteiger partial charge in [0.15, 0.2) is 11.6 Å². The molecule has 4 rings (SSSR count). The van der Waals surface area contributed by atoms with Crippen LogP contribution in [0.3, 0.4) is 0 Å². The van der Waals surface area contributed by atoms with Crippen LogP contribution in [0.2, 0.25) is 0 Å². The van der Waals surface area contributed by atoms with E-state index in [-0.39, 0.29) is 17.5 Å². The average Bonchev–Trinajstić information content (AvgIpc) is 2.77. The largest absolute Gasteiger partial charge is 0.494 e. The van der Waals surface area contributed by atoms with Gasteiger partial charge in [0.05, 0.1) is 7.11 Å². The fourth-order valence-corrected chi connectivity index (χ4v) is 6.17. The number of rotatable bonds is 7. The molecular formula is C27H36F2O. The van der Waals surface area contributed by atoms with Crippen molar-refractivity contribution in [3.63, 3.8) is 0 Å². The molecule has 0 amide bonds. The first-order chi connectivity index (χ1) is 14.6. The third-order valence-corrected chi connectivity index (χ3v) is 7.88. The van der Waals surface area contributed by atoms with Crippen LogP contribution in [0.15, 0.2) is 24.3 Å². The van der Waals surface area contributed by atoms with Gasteiger partial charge >= 0.3 is 0 Å². The van der Waals surface area contributed by atoms with Crippen LogP contribution in [-0.2, 0) is 0 Å². The molecule has 2 aliphatic rings. The van der Waals surface area contributed by atoms with Crippen molar-refractivity contribution >= 4 is 10.8 Å². The lowest BCUT2D eigenvalue weighted by Crippen LogP contribution is -2.30. The standard InChI is InChI=1S/C27H36F2O/c1-3-4-5-6-7-18-8-9-20-15-21(11-10-19(20)14-18)23-16-22-12-13-26(30-2)27(29)24(22)17-25(23)28/h12-13,16-21H,3-11,14-15H2,1-2H3. The maximum absolute atomic E-state index is 15.0. The molecule has 2 fully saturated rings.